The molecule has 128 valence electrons. The average molecular weight is 342 g/mol. The molecule has 2 N–H and O–H groups in total. The van der Waals surface area contributed by atoms with Gasteiger partial charge in [0.2, 0.25) is 0 Å². The number of aliphatic carboxylic acids is 1. The fraction of sp³-hybridized carbons (Fsp3) is 0.529. The fourth-order valence-electron chi connectivity index (χ4n) is 2.41. The van der Waals surface area contributed by atoms with E-state index in [0.29, 0.717) is 10.6 Å². The van der Waals surface area contributed by atoms with Crippen molar-refractivity contribution in [2.45, 2.75) is 52.2 Å². The molecular weight excluding hydrogens is 318 g/mol. The molecule has 2 atom stereocenters. The van der Waals surface area contributed by atoms with Gasteiger partial charge in [0, 0.05) is 10.9 Å². The van der Waals surface area contributed by atoms with Gasteiger partial charge in [-0.1, -0.05) is 43.6 Å². The second-order valence-corrected chi connectivity index (χ2v) is 7.16. The van der Waals surface area contributed by atoms with Crippen LogP contribution in [0.5, 0.6) is 0 Å². The fourth-order valence-corrected chi connectivity index (χ4v) is 2.67. The lowest BCUT2D eigenvalue weighted by atomic mass is 9.82. The second kappa shape index (κ2) is 7.68. The van der Waals surface area contributed by atoms with Crippen LogP contribution in [-0.2, 0) is 9.53 Å². The Kier molecular flexibility index (Phi) is 6.45. The SMILES string of the molecule is CC(C)[C@@H](c1ccccc1Cl)[C@H](NC(=O)OC(C)(C)C)C(=O)O. The van der Waals surface area contributed by atoms with Gasteiger partial charge in [-0.05, 0) is 38.3 Å². The Morgan fingerprint density at radius 2 is 1.78 bits per heavy atom. The number of nitrogens with one attached hydrogen (secondary N) is 1. The van der Waals surface area contributed by atoms with E-state index in [2.05, 4.69) is 5.32 Å². The highest BCUT2D eigenvalue weighted by atomic mass is 35.5. The van der Waals surface area contributed by atoms with Crippen molar-refractivity contribution in [1.29, 1.82) is 0 Å². The quantitative estimate of drug-likeness (QED) is 0.846. The number of carboxylic acids is 1. The number of hydrogen-bond donors (Lipinski definition) is 2. The second-order valence-electron chi connectivity index (χ2n) is 6.75. The average Bonchev–Trinajstić information content (AvgIpc) is 2.37. The molecule has 0 unspecified atom stereocenters. The van der Waals surface area contributed by atoms with Crippen molar-refractivity contribution in [2.75, 3.05) is 0 Å². The van der Waals surface area contributed by atoms with Crippen molar-refractivity contribution in [1.82, 2.24) is 5.32 Å². The van der Waals surface area contributed by atoms with Crippen LogP contribution in [-0.4, -0.2) is 28.8 Å². The minimum atomic E-state index is -1.13. The molecule has 0 spiro atoms. The van der Waals surface area contributed by atoms with Crippen LogP contribution in [0.2, 0.25) is 5.02 Å². The van der Waals surface area contributed by atoms with Crippen LogP contribution in [0.25, 0.3) is 0 Å². The third-order valence-corrected chi connectivity index (χ3v) is 3.62. The summed E-state index contributed by atoms with van der Waals surface area (Å²) in [7, 11) is 0. The first-order chi connectivity index (χ1) is 10.5. The number of carboxylic acid groups (broad SMARTS) is 1. The summed E-state index contributed by atoms with van der Waals surface area (Å²) >= 11 is 6.22. The molecule has 5 nitrogen and oxygen atoms in total. The van der Waals surface area contributed by atoms with Crippen LogP contribution in [0, 0.1) is 5.92 Å². The van der Waals surface area contributed by atoms with Crippen molar-refractivity contribution in [3.63, 3.8) is 0 Å². The predicted molar refractivity (Wildman–Crippen MR) is 89.8 cm³/mol. The minimum Gasteiger partial charge on any atom is -0.480 e. The molecule has 1 aromatic carbocycles. The van der Waals surface area contributed by atoms with E-state index in [9.17, 15) is 14.7 Å². The van der Waals surface area contributed by atoms with E-state index in [1.807, 2.05) is 13.8 Å². The van der Waals surface area contributed by atoms with Crippen molar-refractivity contribution >= 4 is 23.7 Å². The summed E-state index contributed by atoms with van der Waals surface area (Å²) < 4.78 is 5.17. The van der Waals surface area contributed by atoms with Crippen LogP contribution in [0.4, 0.5) is 4.79 Å². The Morgan fingerprint density at radius 1 is 1.22 bits per heavy atom. The molecule has 0 aliphatic rings. The summed E-state index contributed by atoms with van der Waals surface area (Å²) in [5, 5.41) is 12.5. The van der Waals surface area contributed by atoms with Gasteiger partial charge < -0.3 is 15.2 Å². The number of amides is 1. The summed E-state index contributed by atoms with van der Waals surface area (Å²) in [5.74, 6) is -1.66. The van der Waals surface area contributed by atoms with Crippen LogP contribution in [0.1, 0.15) is 46.1 Å². The number of carbonyl (C=O) groups is 2. The largest absolute Gasteiger partial charge is 0.480 e. The van der Waals surface area contributed by atoms with Gasteiger partial charge in [0.25, 0.3) is 0 Å². The molecule has 0 heterocycles. The highest BCUT2D eigenvalue weighted by Crippen LogP contribution is 2.33. The van der Waals surface area contributed by atoms with Gasteiger partial charge in [0.05, 0.1) is 0 Å². The molecule has 1 amide bonds. The molecule has 0 bridgehead atoms. The van der Waals surface area contributed by atoms with Crippen molar-refractivity contribution < 1.29 is 19.4 Å². The maximum atomic E-state index is 12.0. The molecule has 1 aromatic rings. The maximum absolute atomic E-state index is 12.0. The Balaban J connectivity index is 3.12. The lowest BCUT2D eigenvalue weighted by molar-refractivity contribution is -0.140. The molecular formula is C17H24ClNO4. The minimum absolute atomic E-state index is 0.0501. The monoisotopic (exact) mass is 341 g/mol. The molecule has 0 saturated heterocycles. The van der Waals surface area contributed by atoms with Gasteiger partial charge in [-0.15, -0.1) is 0 Å². The first-order valence-electron chi connectivity index (χ1n) is 7.49. The summed E-state index contributed by atoms with van der Waals surface area (Å²) in [6.07, 6.45) is -0.761. The highest BCUT2D eigenvalue weighted by molar-refractivity contribution is 6.31. The summed E-state index contributed by atoms with van der Waals surface area (Å²) in [4.78, 5) is 23.7. The number of halogens is 1. The van der Waals surface area contributed by atoms with Crippen molar-refractivity contribution in [2.24, 2.45) is 5.92 Å². The van der Waals surface area contributed by atoms with Gasteiger partial charge in [0.15, 0.2) is 0 Å². The Morgan fingerprint density at radius 3 is 2.22 bits per heavy atom. The summed E-state index contributed by atoms with van der Waals surface area (Å²) in [6, 6.07) is 5.92. The van der Waals surface area contributed by atoms with E-state index in [1.165, 1.54) is 0 Å². The Labute approximate surface area is 142 Å². The Bertz CT molecular complexity index is 566. The summed E-state index contributed by atoms with van der Waals surface area (Å²) in [5.41, 5.74) is -0.0159. The van der Waals surface area contributed by atoms with Gasteiger partial charge >= 0.3 is 12.1 Å². The first-order valence-corrected chi connectivity index (χ1v) is 7.87. The number of benzene rings is 1. The van der Waals surface area contributed by atoms with E-state index in [-0.39, 0.29) is 5.92 Å². The zero-order valence-electron chi connectivity index (χ0n) is 14.1. The van der Waals surface area contributed by atoms with E-state index < -0.39 is 29.6 Å². The lowest BCUT2D eigenvalue weighted by Gasteiger charge is -2.30. The zero-order valence-corrected chi connectivity index (χ0v) is 14.8. The molecule has 6 heteroatoms. The first kappa shape index (κ1) is 19.3. The van der Waals surface area contributed by atoms with Crippen molar-refractivity contribution in [3.05, 3.63) is 34.9 Å². The molecule has 0 saturated carbocycles. The van der Waals surface area contributed by atoms with Crippen molar-refractivity contribution in [3.8, 4) is 0 Å². The van der Waals surface area contributed by atoms with E-state index in [1.54, 1.807) is 45.0 Å². The van der Waals surface area contributed by atoms with E-state index in [4.69, 9.17) is 16.3 Å². The molecule has 1 rings (SSSR count). The number of ether oxygens (including phenoxy) is 1. The van der Waals surface area contributed by atoms with Gasteiger partial charge in [-0.3, -0.25) is 0 Å². The number of alkyl carbamates (subject to hydrolysis) is 1. The molecule has 0 aliphatic carbocycles. The predicted octanol–water partition coefficient (Wildman–Crippen LogP) is 4.06. The lowest BCUT2D eigenvalue weighted by Crippen LogP contribution is -2.48. The normalized spacial score (nSPS) is 14.2. The van der Waals surface area contributed by atoms with E-state index in [0.717, 1.165) is 0 Å². The zero-order chi connectivity index (χ0) is 17.8. The maximum Gasteiger partial charge on any atom is 0.408 e. The van der Waals surface area contributed by atoms with Crippen LogP contribution in [0.15, 0.2) is 24.3 Å². The number of carbonyl (C=O) groups excluding carboxylic acids is 1. The molecule has 23 heavy (non-hydrogen) atoms. The molecule has 0 radical (unpaired) electrons. The number of rotatable bonds is 5. The smallest absolute Gasteiger partial charge is 0.408 e. The number of hydrogen-bond acceptors (Lipinski definition) is 3. The van der Waals surface area contributed by atoms with Gasteiger partial charge in [-0.2, -0.15) is 0 Å². The standard InChI is InChI=1S/C17H24ClNO4/c1-10(2)13(11-8-6-7-9-12(11)18)14(15(20)21)19-16(22)23-17(3,4)5/h6-10,13-14H,1-5H3,(H,19,22)(H,20,21)/t13-,14-/m0/s1. The van der Waals surface area contributed by atoms with Crippen LogP contribution < -0.4 is 5.32 Å². The third-order valence-electron chi connectivity index (χ3n) is 3.28. The highest BCUT2D eigenvalue weighted by Gasteiger charge is 2.35. The molecule has 0 aromatic heterocycles. The van der Waals surface area contributed by atoms with Gasteiger partial charge in [-0.25, -0.2) is 9.59 Å². The van der Waals surface area contributed by atoms with Crippen LogP contribution >= 0.6 is 11.6 Å². The molecule has 0 aliphatic heterocycles. The molecule has 0 fully saturated rings. The summed E-state index contributed by atoms with van der Waals surface area (Å²) in [6.45, 7) is 8.93. The van der Waals surface area contributed by atoms with Crippen LogP contribution in [0.3, 0.4) is 0 Å². The topological polar surface area (TPSA) is 75.6 Å². The Hall–Kier alpha value is -1.75. The van der Waals surface area contributed by atoms with E-state index >= 15 is 0 Å². The van der Waals surface area contributed by atoms with Gasteiger partial charge in [0.1, 0.15) is 11.6 Å². The third kappa shape index (κ3) is 5.75.